The van der Waals surface area contributed by atoms with E-state index in [1.165, 1.54) is 0 Å². The molecule has 0 aliphatic heterocycles. The summed E-state index contributed by atoms with van der Waals surface area (Å²) < 4.78 is 5.82. The van der Waals surface area contributed by atoms with E-state index in [-0.39, 0.29) is 0 Å². The first-order chi connectivity index (χ1) is 5.90. The molecular weight excluding hydrogens is 287 g/mol. The largest absolute Gasteiger partial charge is 0.334 e. The van der Waals surface area contributed by atoms with Crippen LogP contribution in [0.15, 0.2) is 21.3 Å². The van der Waals surface area contributed by atoms with Crippen LogP contribution in [0.2, 0.25) is 0 Å². The second-order valence-corrected chi connectivity index (χ2v) is 3.70. The van der Waals surface area contributed by atoms with E-state index in [9.17, 15) is 0 Å². The Morgan fingerprint density at radius 2 is 2.50 bits per heavy atom. The second-order valence-electron chi connectivity index (χ2n) is 2.16. The summed E-state index contributed by atoms with van der Waals surface area (Å²) in [4.78, 5) is 4.19. The standard InChI is InChI=1S/C7H5IN2OS/c8-3-6-9-7(11-10-6)5-1-2-12-4-5/h1-2,4H,3H2. The minimum atomic E-state index is 0.614. The van der Waals surface area contributed by atoms with E-state index in [0.29, 0.717) is 5.89 Å². The Kier molecular flexibility index (Phi) is 2.40. The first kappa shape index (κ1) is 8.18. The lowest BCUT2D eigenvalue weighted by Gasteiger charge is -1.81. The number of hydrogen-bond donors (Lipinski definition) is 0. The lowest BCUT2D eigenvalue weighted by atomic mass is 10.3. The smallest absolute Gasteiger partial charge is 0.258 e. The Hall–Kier alpha value is -0.430. The van der Waals surface area contributed by atoms with Crippen molar-refractivity contribution in [3.05, 3.63) is 22.7 Å². The summed E-state index contributed by atoms with van der Waals surface area (Å²) in [6.07, 6.45) is 0. The van der Waals surface area contributed by atoms with Crippen LogP contribution >= 0.6 is 33.9 Å². The molecule has 2 aromatic rings. The SMILES string of the molecule is ICc1noc(-c2ccsc2)n1. The van der Waals surface area contributed by atoms with E-state index in [0.717, 1.165) is 15.8 Å². The highest BCUT2D eigenvalue weighted by molar-refractivity contribution is 14.1. The average molecular weight is 292 g/mol. The van der Waals surface area contributed by atoms with Crippen LogP contribution < -0.4 is 0 Å². The van der Waals surface area contributed by atoms with Gasteiger partial charge in [0.2, 0.25) is 0 Å². The molecule has 62 valence electrons. The maximum Gasteiger partial charge on any atom is 0.258 e. The molecule has 0 aromatic carbocycles. The van der Waals surface area contributed by atoms with Crippen LogP contribution in [0.1, 0.15) is 5.82 Å². The van der Waals surface area contributed by atoms with Gasteiger partial charge in [-0.2, -0.15) is 16.3 Å². The van der Waals surface area contributed by atoms with Crippen LogP contribution in [0.4, 0.5) is 0 Å². The molecular formula is C7H5IN2OS. The number of halogens is 1. The molecule has 0 bridgehead atoms. The van der Waals surface area contributed by atoms with Gasteiger partial charge in [0.15, 0.2) is 5.82 Å². The topological polar surface area (TPSA) is 38.9 Å². The normalized spacial score (nSPS) is 10.4. The fourth-order valence-corrected chi connectivity index (χ4v) is 1.75. The Bertz CT molecular complexity index is 357. The van der Waals surface area contributed by atoms with Crippen LogP contribution in [0.3, 0.4) is 0 Å². The minimum absolute atomic E-state index is 0.614. The zero-order valence-corrected chi connectivity index (χ0v) is 9.00. The number of nitrogens with zero attached hydrogens (tertiary/aromatic N) is 2. The quantitative estimate of drug-likeness (QED) is 0.631. The molecule has 0 amide bonds. The maximum atomic E-state index is 5.04. The van der Waals surface area contributed by atoms with Crippen LogP contribution in [-0.4, -0.2) is 10.1 Å². The summed E-state index contributed by atoms with van der Waals surface area (Å²) in [6.45, 7) is 0. The van der Waals surface area contributed by atoms with E-state index in [4.69, 9.17) is 4.52 Å². The Balaban J connectivity index is 2.35. The van der Waals surface area contributed by atoms with Crippen molar-refractivity contribution in [1.29, 1.82) is 0 Å². The fourth-order valence-electron chi connectivity index (χ4n) is 0.812. The highest BCUT2D eigenvalue weighted by atomic mass is 127. The van der Waals surface area contributed by atoms with Crippen molar-refractivity contribution in [2.45, 2.75) is 4.43 Å². The van der Waals surface area contributed by atoms with Crippen LogP contribution in [-0.2, 0) is 4.43 Å². The van der Waals surface area contributed by atoms with Crippen LogP contribution in [0, 0.1) is 0 Å². The number of aromatic nitrogens is 2. The summed E-state index contributed by atoms with van der Waals surface area (Å²) in [5.74, 6) is 1.36. The Labute approximate surface area is 86.9 Å². The van der Waals surface area contributed by atoms with Gasteiger partial charge in [-0.15, -0.1) is 0 Å². The van der Waals surface area contributed by atoms with Gasteiger partial charge in [0.05, 0.1) is 9.99 Å². The third kappa shape index (κ3) is 1.51. The van der Waals surface area contributed by atoms with Crippen molar-refractivity contribution >= 4 is 33.9 Å². The molecule has 0 fully saturated rings. The average Bonchev–Trinajstić information content (AvgIpc) is 2.75. The molecule has 0 unspecified atom stereocenters. The molecule has 2 heterocycles. The van der Waals surface area contributed by atoms with Crippen molar-refractivity contribution in [2.75, 3.05) is 0 Å². The molecule has 0 saturated carbocycles. The van der Waals surface area contributed by atoms with E-state index in [2.05, 4.69) is 32.7 Å². The van der Waals surface area contributed by atoms with Gasteiger partial charge in [-0.1, -0.05) is 27.7 Å². The van der Waals surface area contributed by atoms with Gasteiger partial charge >= 0.3 is 0 Å². The summed E-state index contributed by atoms with van der Waals surface area (Å²) in [5, 5.41) is 7.78. The minimum Gasteiger partial charge on any atom is -0.334 e. The van der Waals surface area contributed by atoms with E-state index in [1.807, 2.05) is 16.8 Å². The number of thiophene rings is 1. The molecule has 0 aliphatic rings. The third-order valence-corrected chi connectivity index (χ3v) is 2.72. The zero-order valence-electron chi connectivity index (χ0n) is 6.03. The Morgan fingerprint density at radius 1 is 1.58 bits per heavy atom. The van der Waals surface area contributed by atoms with E-state index in [1.54, 1.807) is 11.3 Å². The fraction of sp³-hybridized carbons (Fsp3) is 0.143. The second kappa shape index (κ2) is 3.53. The van der Waals surface area contributed by atoms with Gasteiger partial charge in [0, 0.05) is 5.38 Å². The molecule has 0 atom stereocenters. The van der Waals surface area contributed by atoms with Gasteiger partial charge in [-0.25, -0.2) is 0 Å². The molecule has 0 aliphatic carbocycles. The van der Waals surface area contributed by atoms with Gasteiger partial charge in [-0.3, -0.25) is 0 Å². The van der Waals surface area contributed by atoms with Gasteiger partial charge in [-0.05, 0) is 11.4 Å². The van der Waals surface area contributed by atoms with Crippen LogP contribution in [0.5, 0.6) is 0 Å². The molecule has 0 N–H and O–H groups in total. The van der Waals surface area contributed by atoms with Gasteiger partial charge in [0.1, 0.15) is 0 Å². The monoisotopic (exact) mass is 292 g/mol. The molecule has 5 heteroatoms. The molecule has 2 aromatic heterocycles. The van der Waals surface area contributed by atoms with Gasteiger partial charge < -0.3 is 4.52 Å². The summed E-state index contributed by atoms with van der Waals surface area (Å²) >= 11 is 3.82. The number of hydrogen-bond acceptors (Lipinski definition) is 4. The Morgan fingerprint density at radius 3 is 3.08 bits per heavy atom. The van der Waals surface area contributed by atoms with E-state index < -0.39 is 0 Å². The first-order valence-corrected chi connectivity index (χ1v) is 5.78. The molecule has 0 spiro atoms. The summed E-state index contributed by atoms with van der Waals surface area (Å²) in [7, 11) is 0. The molecule has 0 radical (unpaired) electrons. The molecule has 12 heavy (non-hydrogen) atoms. The highest BCUT2D eigenvalue weighted by Gasteiger charge is 2.06. The lowest BCUT2D eigenvalue weighted by Crippen LogP contribution is -1.78. The maximum absolute atomic E-state index is 5.04. The van der Waals surface area contributed by atoms with Crippen molar-refractivity contribution in [2.24, 2.45) is 0 Å². The predicted molar refractivity (Wildman–Crippen MR) is 55.3 cm³/mol. The predicted octanol–water partition coefficient (Wildman–Crippen LogP) is 2.73. The van der Waals surface area contributed by atoms with Crippen molar-refractivity contribution in [3.63, 3.8) is 0 Å². The summed E-state index contributed by atoms with van der Waals surface area (Å²) in [6, 6.07) is 1.97. The number of rotatable bonds is 2. The highest BCUT2D eigenvalue weighted by Crippen LogP contribution is 2.20. The molecule has 3 nitrogen and oxygen atoms in total. The van der Waals surface area contributed by atoms with Crippen molar-refractivity contribution < 1.29 is 4.52 Å². The lowest BCUT2D eigenvalue weighted by molar-refractivity contribution is 0.425. The van der Waals surface area contributed by atoms with Crippen molar-refractivity contribution in [1.82, 2.24) is 10.1 Å². The first-order valence-electron chi connectivity index (χ1n) is 3.31. The summed E-state index contributed by atoms with van der Waals surface area (Å²) in [5.41, 5.74) is 1.00. The zero-order chi connectivity index (χ0) is 8.39. The third-order valence-electron chi connectivity index (χ3n) is 1.36. The number of alkyl halides is 1. The molecule has 2 rings (SSSR count). The van der Waals surface area contributed by atoms with Gasteiger partial charge in [0.25, 0.3) is 5.89 Å². The van der Waals surface area contributed by atoms with Crippen molar-refractivity contribution in [3.8, 4) is 11.5 Å². The van der Waals surface area contributed by atoms with E-state index >= 15 is 0 Å². The molecule has 0 saturated heterocycles. The van der Waals surface area contributed by atoms with Crippen LogP contribution in [0.25, 0.3) is 11.5 Å².